The summed E-state index contributed by atoms with van der Waals surface area (Å²) in [6.07, 6.45) is 5.84. The van der Waals surface area contributed by atoms with E-state index in [4.69, 9.17) is 14.1 Å². The predicted octanol–water partition coefficient (Wildman–Crippen LogP) is 3.86. The zero-order chi connectivity index (χ0) is 21.5. The van der Waals surface area contributed by atoms with Gasteiger partial charge in [-0.3, -0.25) is 4.79 Å². The molecule has 2 bridgehead atoms. The number of piperidine rings is 2. The van der Waals surface area contributed by atoms with Crippen LogP contribution < -0.4 is 10.2 Å². The molecule has 176 valence electrons. The fourth-order valence-electron chi connectivity index (χ4n) is 5.65. The summed E-state index contributed by atoms with van der Waals surface area (Å²) in [5.74, 6) is 0.377. The van der Waals surface area contributed by atoms with E-state index < -0.39 is 0 Å². The van der Waals surface area contributed by atoms with Crippen molar-refractivity contribution in [3.05, 3.63) is 23.8 Å². The van der Waals surface area contributed by atoms with Crippen LogP contribution in [0.3, 0.4) is 0 Å². The van der Waals surface area contributed by atoms with Gasteiger partial charge in [0, 0.05) is 24.7 Å². The molecule has 7 nitrogen and oxygen atoms in total. The second-order valence-corrected chi connectivity index (χ2v) is 9.77. The minimum Gasteiger partial charge on any atom is -0.423 e. The molecule has 0 radical (unpaired) electrons. The molecule has 32 heavy (non-hydrogen) atoms. The van der Waals surface area contributed by atoms with Gasteiger partial charge in [-0.2, -0.15) is 4.98 Å². The maximum Gasteiger partial charge on any atom is 0.298 e. The van der Waals surface area contributed by atoms with Crippen LogP contribution in [0.4, 0.5) is 6.01 Å². The molecule has 3 aliphatic heterocycles. The summed E-state index contributed by atoms with van der Waals surface area (Å²) in [6, 6.07) is 7.85. The summed E-state index contributed by atoms with van der Waals surface area (Å²) in [6.45, 7) is 6.45. The van der Waals surface area contributed by atoms with E-state index in [9.17, 15) is 4.79 Å². The molecule has 0 saturated carbocycles. The lowest BCUT2D eigenvalue weighted by Gasteiger charge is -2.47. The molecule has 1 aromatic heterocycles. The number of amides is 1. The molecule has 1 aromatic carbocycles. The highest BCUT2D eigenvalue weighted by molar-refractivity contribution is 6.04. The fourth-order valence-corrected chi connectivity index (χ4v) is 5.65. The number of benzene rings is 1. The van der Waals surface area contributed by atoms with Crippen molar-refractivity contribution in [2.24, 2.45) is 5.92 Å². The molecule has 4 heterocycles. The molecule has 1 amide bonds. The number of halogens is 1. The number of carbonyl (C=O) groups excluding carboxylic acids is 1. The van der Waals surface area contributed by atoms with Crippen molar-refractivity contribution in [1.82, 2.24) is 15.2 Å². The average Bonchev–Trinajstić information content (AvgIpc) is 3.18. The maximum absolute atomic E-state index is 13.2. The molecule has 2 unspecified atom stereocenters. The highest BCUT2D eigenvalue weighted by Crippen LogP contribution is 2.33. The molecule has 3 saturated heterocycles. The van der Waals surface area contributed by atoms with Crippen LogP contribution in [0.5, 0.6) is 0 Å². The summed E-state index contributed by atoms with van der Waals surface area (Å²) in [4.78, 5) is 22.7. The van der Waals surface area contributed by atoms with E-state index in [2.05, 4.69) is 36.0 Å². The topological polar surface area (TPSA) is 70.8 Å². The number of nitrogens with one attached hydrogen (secondary N) is 1. The number of hydrogen-bond donors (Lipinski definition) is 1. The van der Waals surface area contributed by atoms with E-state index in [1.165, 1.54) is 19.3 Å². The number of fused-ring (bicyclic) bond motifs is 3. The number of carbonyl (C=O) groups is 1. The van der Waals surface area contributed by atoms with Gasteiger partial charge in [-0.15, -0.1) is 12.4 Å². The van der Waals surface area contributed by atoms with Crippen LogP contribution in [0.2, 0.25) is 0 Å². The van der Waals surface area contributed by atoms with Gasteiger partial charge in [0.2, 0.25) is 0 Å². The minimum atomic E-state index is -0.0412. The van der Waals surface area contributed by atoms with Crippen molar-refractivity contribution in [2.75, 3.05) is 31.7 Å². The lowest BCUT2D eigenvalue weighted by Crippen LogP contribution is -2.55. The Morgan fingerprint density at radius 3 is 2.69 bits per heavy atom. The summed E-state index contributed by atoms with van der Waals surface area (Å²) in [7, 11) is 2.24. The van der Waals surface area contributed by atoms with E-state index in [-0.39, 0.29) is 30.4 Å². The Hall–Kier alpha value is -1.83. The molecule has 5 rings (SSSR count). The largest absolute Gasteiger partial charge is 0.423 e. The number of aromatic nitrogens is 1. The van der Waals surface area contributed by atoms with Crippen LogP contribution in [-0.2, 0) is 4.74 Å². The molecule has 0 aliphatic carbocycles. The number of oxazole rings is 1. The molecule has 8 heteroatoms. The maximum atomic E-state index is 13.2. The summed E-state index contributed by atoms with van der Waals surface area (Å²) >= 11 is 0. The number of hydrogen-bond acceptors (Lipinski definition) is 6. The van der Waals surface area contributed by atoms with E-state index in [0.29, 0.717) is 53.9 Å². The van der Waals surface area contributed by atoms with Crippen LogP contribution >= 0.6 is 12.4 Å². The SMILES string of the molecule is CC(C)[C@H]1COCCN1c1nc2c(C(=O)NC3CC4CCCC(C3)N4C)cccc2o1.Cl. The van der Waals surface area contributed by atoms with Crippen LogP contribution in [0.1, 0.15) is 56.3 Å². The lowest BCUT2D eigenvalue weighted by atomic mass is 9.82. The quantitative estimate of drug-likeness (QED) is 0.744. The smallest absolute Gasteiger partial charge is 0.298 e. The van der Waals surface area contributed by atoms with Gasteiger partial charge < -0.3 is 24.3 Å². The first-order valence-electron chi connectivity index (χ1n) is 11.8. The van der Waals surface area contributed by atoms with Crippen molar-refractivity contribution in [3.8, 4) is 0 Å². The van der Waals surface area contributed by atoms with Gasteiger partial charge in [-0.1, -0.05) is 26.3 Å². The molecule has 2 aromatic rings. The first kappa shape index (κ1) is 23.3. The predicted molar refractivity (Wildman–Crippen MR) is 128 cm³/mol. The van der Waals surface area contributed by atoms with Crippen molar-refractivity contribution in [2.45, 2.75) is 70.1 Å². The first-order valence-corrected chi connectivity index (χ1v) is 11.8. The lowest BCUT2D eigenvalue weighted by molar-refractivity contribution is 0.0463. The Kier molecular flexibility index (Phi) is 6.98. The van der Waals surface area contributed by atoms with Gasteiger partial charge in [0.25, 0.3) is 11.9 Å². The van der Waals surface area contributed by atoms with Gasteiger partial charge in [-0.05, 0) is 50.8 Å². The van der Waals surface area contributed by atoms with Gasteiger partial charge in [0.1, 0.15) is 5.52 Å². The van der Waals surface area contributed by atoms with Gasteiger partial charge in [-0.25, -0.2) is 0 Å². The first-order chi connectivity index (χ1) is 15.0. The van der Waals surface area contributed by atoms with Crippen molar-refractivity contribution in [3.63, 3.8) is 0 Å². The molecule has 3 aliphatic rings. The fraction of sp³-hybridized carbons (Fsp3) is 0.667. The molecule has 3 atom stereocenters. The number of nitrogens with zero attached hydrogens (tertiary/aromatic N) is 3. The number of morpholine rings is 1. The van der Waals surface area contributed by atoms with E-state index in [1.807, 2.05) is 18.2 Å². The number of anilines is 1. The standard InChI is InChI=1S/C24H34N4O3.ClH/c1-15(2)20-14-30-11-10-28(20)24-26-22-19(8-5-9-21(22)31-24)23(29)25-16-12-17-6-4-7-18(13-16)27(17)3;/h5,8-9,15-18,20H,4,6-7,10-14H2,1-3H3,(H,25,29);1H/t16?,17?,18?,20-;/m1./s1. The van der Waals surface area contributed by atoms with Crippen LogP contribution in [0.15, 0.2) is 22.6 Å². The van der Waals surface area contributed by atoms with Crippen LogP contribution in [-0.4, -0.2) is 66.8 Å². The van der Waals surface area contributed by atoms with E-state index >= 15 is 0 Å². The summed E-state index contributed by atoms with van der Waals surface area (Å²) < 4.78 is 11.8. The summed E-state index contributed by atoms with van der Waals surface area (Å²) in [5.41, 5.74) is 1.92. The van der Waals surface area contributed by atoms with Crippen LogP contribution in [0.25, 0.3) is 11.1 Å². The highest BCUT2D eigenvalue weighted by atomic mass is 35.5. The van der Waals surface area contributed by atoms with Crippen molar-refractivity contribution < 1.29 is 13.9 Å². The van der Waals surface area contributed by atoms with Crippen molar-refractivity contribution >= 4 is 35.4 Å². The third kappa shape index (κ3) is 4.35. The molecule has 1 N–H and O–H groups in total. The Balaban J connectivity index is 0.00000245. The number of rotatable bonds is 4. The van der Waals surface area contributed by atoms with Crippen LogP contribution in [0, 0.1) is 5.92 Å². The second kappa shape index (κ2) is 9.57. The third-order valence-corrected chi connectivity index (χ3v) is 7.51. The normalized spacial score (nSPS) is 28.6. The molecular weight excluding hydrogens is 428 g/mol. The van der Waals surface area contributed by atoms with Crippen molar-refractivity contribution in [1.29, 1.82) is 0 Å². The average molecular weight is 463 g/mol. The summed E-state index contributed by atoms with van der Waals surface area (Å²) in [5, 5.41) is 3.31. The zero-order valence-electron chi connectivity index (χ0n) is 19.3. The van der Waals surface area contributed by atoms with Gasteiger partial charge in [0.15, 0.2) is 5.58 Å². The highest BCUT2D eigenvalue weighted by Gasteiger charge is 2.37. The molecule has 3 fully saturated rings. The molecular formula is C24H35ClN4O3. The minimum absolute atomic E-state index is 0. The van der Waals surface area contributed by atoms with Gasteiger partial charge in [0.05, 0.1) is 24.8 Å². The zero-order valence-corrected chi connectivity index (χ0v) is 20.1. The molecule has 0 spiro atoms. The number of para-hydroxylation sites is 1. The van der Waals surface area contributed by atoms with E-state index in [1.54, 1.807) is 0 Å². The van der Waals surface area contributed by atoms with Gasteiger partial charge >= 0.3 is 0 Å². The Morgan fingerprint density at radius 2 is 1.97 bits per heavy atom. The number of ether oxygens (including phenoxy) is 1. The Labute approximate surface area is 196 Å². The Bertz CT molecular complexity index is 934. The third-order valence-electron chi connectivity index (χ3n) is 7.51. The van der Waals surface area contributed by atoms with E-state index in [0.717, 1.165) is 19.4 Å². The Morgan fingerprint density at radius 1 is 1.22 bits per heavy atom. The second-order valence-electron chi connectivity index (χ2n) is 9.77. The monoisotopic (exact) mass is 462 g/mol.